The van der Waals surface area contributed by atoms with Crippen molar-refractivity contribution in [1.29, 1.82) is 5.26 Å². The number of aromatic nitrogens is 2. The van der Waals surface area contributed by atoms with Gasteiger partial charge in [0.15, 0.2) is 11.5 Å². The Morgan fingerprint density at radius 1 is 1.62 bits per heavy atom. The number of nitrogens with zero attached hydrogens (tertiary/aromatic N) is 3. The second kappa shape index (κ2) is 4.31. The van der Waals surface area contributed by atoms with Gasteiger partial charge in [0.25, 0.3) is 5.56 Å². The van der Waals surface area contributed by atoms with Gasteiger partial charge in [-0.15, -0.1) is 0 Å². The van der Waals surface area contributed by atoms with E-state index in [4.69, 9.17) is 11.0 Å². The molecule has 0 aliphatic rings. The van der Waals surface area contributed by atoms with Gasteiger partial charge >= 0.3 is 5.69 Å². The van der Waals surface area contributed by atoms with Crippen LogP contribution in [0.25, 0.3) is 0 Å². The van der Waals surface area contributed by atoms with E-state index in [9.17, 15) is 9.59 Å². The molecule has 1 heterocycles. The summed E-state index contributed by atoms with van der Waals surface area (Å²) in [4.78, 5) is 28.2. The summed E-state index contributed by atoms with van der Waals surface area (Å²) in [5, 5.41) is 11.3. The summed E-state index contributed by atoms with van der Waals surface area (Å²) in [5.74, 6) is 0.0106. The van der Waals surface area contributed by atoms with Gasteiger partial charge in [0.05, 0.1) is 0 Å². The number of hydrogen-bond donors (Lipinski definition) is 3. The number of H-pyrrole nitrogens is 1. The average Bonchev–Trinajstić information content (AvgIpc) is 2.25. The number of rotatable bonds is 1. The van der Waals surface area contributed by atoms with Crippen LogP contribution in [-0.2, 0) is 7.05 Å². The van der Waals surface area contributed by atoms with Gasteiger partial charge in [-0.3, -0.25) is 19.3 Å². The molecule has 0 fully saturated rings. The molecule has 1 rings (SSSR count). The molecule has 0 saturated carbocycles. The van der Waals surface area contributed by atoms with E-state index in [2.05, 4.69) is 10.3 Å². The molecule has 8 heteroatoms. The molecule has 4 N–H and O–H groups in total. The Morgan fingerprint density at radius 2 is 2.25 bits per heavy atom. The van der Waals surface area contributed by atoms with Crippen LogP contribution in [-0.4, -0.2) is 22.6 Å². The fraction of sp³-hybridized carbons (Fsp3) is 0.250. The predicted octanol–water partition coefficient (Wildman–Crippen LogP) is -1.70. The summed E-state index contributed by atoms with van der Waals surface area (Å²) >= 11 is 0. The lowest BCUT2D eigenvalue weighted by Crippen LogP contribution is -2.35. The number of nitrogens with two attached hydrogens (primary N) is 1. The lowest BCUT2D eigenvalue weighted by Gasteiger charge is -2.10. The molecular weight excluding hydrogens is 212 g/mol. The van der Waals surface area contributed by atoms with E-state index in [1.165, 1.54) is 14.1 Å². The van der Waals surface area contributed by atoms with E-state index in [0.29, 0.717) is 0 Å². The molecule has 16 heavy (non-hydrogen) atoms. The Bertz CT molecular complexity index is 588. The van der Waals surface area contributed by atoms with Gasteiger partial charge in [0.2, 0.25) is 0 Å². The van der Waals surface area contributed by atoms with Crippen molar-refractivity contribution in [2.75, 3.05) is 12.4 Å². The van der Waals surface area contributed by atoms with Crippen molar-refractivity contribution in [3.05, 3.63) is 26.4 Å². The highest BCUT2D eigenvalue weighted by Gasteiger charge is 2.12. The molecule has 0 amide bonds. The van der Waals surface area contributed by atoms with Crippen LogP contribution in [0.5, 0.6) is 0 Å². The lowest BCUT2D eigenvalue weighted by molar-refractivity contribution is 0.806. The molecule has 0 atom stereocenters. The summed E-state index contributed by atoms with van der Waals surface area (Å²) in [6, 6.07) is 1.68. The fourth-order valence-corrected chi connectivity index (χ4v) is 1.05. The number of guanidine groups is 1. The zero-order valence-corrected chi connectivity index (χ0v) is 8.74. The van der Waals surface area contributed by atoms with Crippen LogP contribution in [0, 0.1) is 11.3 Å². The predicted molar refractivity (Wildman–Crippen MR) is 58.2 cm³/mol. The normalized spacial score (nSPS) is 10.9. The minimum absolute atomic E-state index is 0.00269. The van der Waals surface area contributed by atoms with Crippen molar-refractivity contribution in [3.63, 3.8) is 0 Å². The summed E-state index contributed by atoms with van der Waals surface area (Å²) in [7, 11) is 2.82. The third-order valence-corrected chi connectivity index (χ3v) is 1.92. The van der Waals surface area contributed by atoms with Crippen molar-refractivity contribution < 1.29 is 0 Å². The van der Waals surface area contributed by atoms with Gasteiger partial charge in [-0.05, 0) is 0 Å². The Labute approximate surface area is 90.0 Å². The van der Waals surface area contributed by atoms with Gasteiger partial charge in [-0.25, -0.2) is 4.79 Å². The minimum Gasteiger partial charge on any atom is -0.370 e. The van der Waals surface area contributed by atoms with E-state index in [1.54, 1.807) is 6.07 Å². The summed E-state index contributed by atoms with van der Waals surface area (Å²) < 4.78 is 1.07. The Morgan fingerprint density at radius 3 is 2.75 bits per heavy atom. The summed E-state index contributed by atoms with van der Waals surface area (Å²) in [6.45, 7) is 0. The van der Waals surface area contributed by atoms with E-state index in [0.717, 1.165) is 4.57 Å². The smallest absolute Gasteiger partial charge is 0.329 e. The van der Waals surface area contributed by atoms with Gasteiger partial charge in [0.1, 0.15) is 11.9 Å². The van der Waals surface area contributed by atoms with E-state index in [1.807, 2.05) is 4.98 Å². The zero-order chi connectivity index (χ0) is 12.3. The van der Waals surface area contributed by atoms with Crippen LogP contribution in [0.2, 0.25) is 0 Å². The molecule has 1 aromatic heterocycles. The van der Waals surface area contributed by atoms with Gasteiger partial charge < -0.3 is 11.1 Å². The van der Waals surface area contributed by atoms with Crippen LogP contribution >= 0.6 is 0 Å². The maximum Gasteiger partial charge on any atom is 0.329 e. The third-order valence-electron chi connectivity index (χ3n) is 1.92. The summed E-state index contributed by atoms with van der Waals surface area (Å²) in [6.07, 6.45) is 0. The van der Waals surface area contributed by atoms with Gasteiger partial charge in [-0.1, -0.05) is 0 Å². The van der Waals surface area contributed by atoms with Crippen LogP contribution in [0.1, 0.15) is 5.56 Å². The lowest BCUT2D eigenvalue weighted by atomic mass is 10.3. The molecule has 8 nitrogen and oxygen atoms in total. The monoisotopic (exact) mass is 222 g/mol. The second-order valence-corrected chi connectivity index (χ2v) is 2.89. The quantitative estimate of drug-likeness (QED) is 0.385. The molecular formula is C8H10N6O2. The highest BCUT2D eigenvalue weighted by molar-refractivity contribution is 5.92. The zero-order valence-electron chi connectivity index (χ0n) is 8.74. The molecule has 0 aliphatic heterocycles. The molecule has 0 aromatic carbocycles. The highest BCUT2D eigenvalue weighted by Crippen LogP contribution is 2.04. The van der Waals surface area contributed by atoms with Crippen molar-refractivity contribution in [3.8, 4) is 6.07 Å². The number of anilines is 1. The number of aliphatic imine (C=N–C) groups is 1. The molecule has 84 valence electrons. The summed E-state index contributed by atoms with van der Waals surface area (Å²) in [5.41, 5.74) is 3.76. The van der Waals surface area contributed by atoms with E-state index in [-0.39, 0.29) is 17.3 Å². The standard InChI is InChI=1S/C8H10N6O2/c1-11-7(10)12-5-4(3-9)6(15)13-8(16)14(5)2/h1-2H3,(H3,10,11,12)(H,13,15,16). The van der Waals surface area contributed by atoms with Crippen molar-refractivity contribution in [2.45, 2.75) is 0 Å². The van der Waals surface area contributed by atoms with Crippen LogP contribution in [0.4, 0.5) is 5.82 Å². The number of hydrogen-bond acceptors (Lipinski definition) is 4. The largest absolute Gasteiger partial charge is 0.370 e. The maximum atomic E-state index is 11.3. The minimum atomic E-state index is -0.767. The van der Waals surface area contributed by atoms with E-state index < -0.39 is 11.2 Å². The number of aromatic amines is 1. The maximum absolute atomic E-state index is 11.3. The number of nitriles is 1. The van der Waals surface area contributed by atoms with Crippen molar-refractivity contribution in [2.24, 2.45) is 17.8 Å². The molecule has 0 spiro atoms. The first-order valence-electron chi connectivity index (χ1n) is 4.24. The van der Waals surface area contributed by atoms with Crippen LogP contribution in [0.15, 0.2) is 14.6 Å². The molecule has 0 aliphatic carbocycles. The first-order valence-corrected chi connectivity index (χ1v) is 4.24. The fourth-order valence-electron chi connectivity index (χ4n) is 1.05. The third kappa shape index (κ3) is 1.93. The molecule has 0 bridgehead atoms. The molecule has 1 aromatic rings. The van der Waals surface area contributed by atoms with Gasteiger partial charge in [-0.2, -0.15) is 5.26 Å². The number of nitrogens with one attached hydrogen (secondary N) is 2. The Balaban J connectivity index is 3.53. The molecule has 0 radical (unpaired) electrons. The SMILES string of the molecule is CN=C(N)Nc1c(C#N)c(=O)[nH]c(=O)n1C. The topological polar surface area (TPSA) is 129 Å². The Kier molecular flexibility index (Phi) is 3.10. The van der Waals surface area contributed by atoms with Crippen molar-refractivity contribution in [1.82, 2.24) is 9.55 Å². The van der Waals surface area contributed by atoms with Crippen molar-refractivity contribution >= 4 is 11.8 Å². The molecule has 0 saturated heterocycles. The van der Waals surface area contributed by atoms with Crippen LogP contribution < -0.4 is 22.3 Å². The molecule has 0 unspecified atom stereocenters. The average molecular weight is 222 g/mol. The Hall–Kier alpha value is -2.56. The first kappa shape index (κ1) is 11.5. The highest BCUT2D eigenvalue weighted by atomic mass is 16.2. The van der Waals surface area contributed by atoms with Gasteiger partial charge in [0, 0.05) is 14.1 Å². The first-order chi connectivity index (χ1) is 7.51. The van der Waals surface area contributed by atoms with Crippen LogP contribution in [0.3, 0.4) is 0 Å². The van der Waals surface area contributed by atoms with E-state index >= 15 is 0 Å². The second-order valence-electron chi connectivity index (χ2n) is 2.89.